The van der Waals surface area contributed by atoms with Crippen LogP contribution in [0.4, 0.5) is 5.00 Å². The zero-order valence-electron chi connectivity index (χ0n) is 15.2. The van der Waals surface area contributed by atoms with Crippen LogP contribution in [0, 0.1) is 0 Å². The predicted octanol–water partition coefficient (Wildman–Crippen LogP) is 3.86. The third-order valence-electron chi connectivity index (χ3n) is 4.52. The van der Waals surface area contributed by atoms with Gasteiger partial charge in [0.25, 0.3) is 0 Å². The van der Waals surface area contributed by atoms with Crippen LogP contribution in [0.3, 0.4) is 0 Å². The zero-order chi connectivity index (χ0) is 19.2. The molecule has 1 heterocycles. The Morgan fingerprint density at radius 3 is 2.67 bits per heavy atom. The van der Waals surface area contributed by atoms with Crippen molar-refractivity contribution < 1.29 is 14.3 Å². The minimum Gasteiger partial charge on any atom is -0.465 e. The predicted molar refractivity (Wildman–Crippen MR) is 111 cm³/mol. The van der Waals surface area contributed by atoms with Crippen LogP contribution in [-0.2, 0) is 28.8 Å². The molecule has 0 atom stereocenters. The molecule has 142 valence electrons. The van der Waals surface area contributed by atoms with Gasteiger partial charge in [-0.1, -0.05) is 30.3 Å². The number of esters is 1. The standard InChI is InChI=1S/C20H22N2O3S2/c1-25-19(24)17-14-9-5-6-10-15(14)27-18(17)22-20(26)21-16(23)12-11-13-7-3-2-4-8-13/h2-4,7-8H,5-6,9-12H2,1H3,(H2,21,22,23,26). The molecule has 0 aliphatic heterocycles. The van der Waals surface area contributed by atoms with E-state index in [1.807, 2.05) is 30.3 Å². The number of fused-ring (bicyclic) bond motifs is 1. The van der Waals surface area contributed by atoms with Crippen molar-refractivity contribution in [3.63, 3.8) is 0 Å². The normalized spacial score (nSPS) is 12.8. The van der Waals surface area contributed by atoms with Crippen LogP contribution in [-0.4, -0.2) is 24.1 Å². The summed E-state index contributed by atoms with van der Waals surface area (Å²) in [5.41, 5.74) is 2.71. The molecule has 3 rings (SSSR count). The summed E-state index contributed by atoms with van der Waals surface area (Å²) in [5, 5.41) is 6.59. The zero-order valence-corrected chi connectivity index (χ0v) is 16.8. The fourth-order valence-corrected chi connectivity index (χ4v) is 4.76. The molecule has 1 aliphatic carbocycles. The molecule has 5 nitrogen and oxygen atoms in total. The summed E-state index contributed by atoms with van der Waals surface area (Å²) in [5.74, 6) is -0.521. The number of hydrogen-bond acceptors (Lipinski definition) is 5. The first-order chi connectivity index (χ1) is 13.1. The number of aryl methyl sites for hydroxylation is 2. The maximum Gasteiger partial charge on any atom is 0.341 e. The molecule has 0 saturated carbocycles. The van der Waals surface area contributed by atoms with Crippen molar-refractivity contribution >= 4 is 45.5 Å². The van der Waals surface area contributed by atoms with Gasteiger partial charge in [-0.15, -0.1) is 11.3 Å². The highest BCUT2D eigenvalue weighted by Crippen LogP contribution is 2.38. The van der Waals surface area contributed by atoms with Crippen molar-refractivity contribution in [2.45, 2.75) is 38.5 Å². The molecule has 1 aromatic heterocycles. The highest BCUT2D eigenvalue weighted by atomic mass is 32.1. The molecule has 1 amide bonds. The lowest BCUT2D eigenvalue weighted by Crippen LogP contribution is -2.34. The summed E-state index contributed by atoms with van der Waals surface area (Å²) < 4.78 is 4.95. The monoisotopic (exact) mass is 402 g/mol. The van der Waals surface area contributed by atoms with Gasteiger partial charge in [-0.25, -0.2) is 4.79 Å². The van der Waals surface area contributed by atoms with E-state index in [9.17, 15) is 9.59 Å². The Morgan fingerprint density at radius 2 is 1.93 bits per heavy atom. The number of thiocarbonyl (C=S) groups is 1. The van der Waals surface area contributed by atoms with Crippen LogP contribution in [0.2, 0.25) is 0 Å². The topological polar surface area (TPSA) is 67.4 Å². The molecule has 7 heteroatoms. The number of benzene rings is 1. The van der Waals surface area contributed by atoms with E-state index < -0.39 is 0 Å². The summed E-state index contributed by atoms with van der Waals surface area (Å²) in [6, 6.07) is 9.83. The second kappa shape index (κ2) is 9.10. The number of carbonyl (C=O) groups excluding carboxylic acids is 2. The van der Waals surface area contributed by atoms with Crippen molar-refractivity contribution in [1.82, 2.24) is 5.32 Å². The molecule has 0 fully saturated rings. The van der Waals surface area contributed by atoms with Gasteiger partial charge in [0.15, 0.2) is 5.11 Å². The smallest absolute Gasteiger partial charge is 0.341 e. The lowest BCUT2D eigenvalue weighted by Gasteiger charge is -2.12. The van der Waals surface area contributed by atoms with Crippen molar-refractivity contribution in [3.8, 4) is 0 Å². The molecular weight excluding hydrogens is 380 g/mol. The number of thiophene rings is 1. The summed E-state index contributed by atoms with van der Waals surface area (Å²) in [7, 11) is 1.38. The van der Waals surface area contributed by atoms with E-state index in [1.165, 1.54) is 23.3 Å². The Bertz CT molecular complexity index is 846. The summed E-state index contributed by atoms with van der Waals surface area (Å²) >= 11 is 6.80. The molecule has 2 aromatic rings. The maximum atomic E-state index is 12.2. The first-order valence-corrected chi connectivity index (χ1v) is 10.2. The van der Waals surface area contributed by atoms with Gasteiger partial charge >= 0.3 is 5.97 Å². The van der Waals surface area contributed by atoms with Crippen LogP contribution in [0.25, 0.3) is 0 Å². The van der Waals surface area contributed by atoms with Crippen LogP contribution < -0.4 is 10.6 Å². The third kappa shape index (κ3) is 4.93. The summed E-state index contributed by atoms with van der Waals surface area (Å²) in [6.45, 7) is 0. The number of amides is 1. The molecule has 0 unspecified atom stereocenters. The van der Waals surface area contributed by atoms with Crippen molar-refractivity contribution in [2.24, 2.45) is 0 Å². The Morgan fingerprint density at radius 1 is 1.19 bits per heavy atom. The van der Waals surface area contributed by atoms with E-state index in [-0.39, 0.29) is 17.0 Å². The quantitative estimate of drug-likeness (QED) is 0.587. The van der Waals surface area contributed by atoms with Gasteiger partial charge < -0.3 is 15.4 Å². The van der Waals surface area contributed by atoms with Gasteiger partial charge in [0, 0.05) is 11.3 Å². The second-order valence-corrected chi connectivity index (χ2v) is 7.91. The van der Waals surface area contributed by atoms with Crippen molar-refractivity contribution in [3.05, 3.63) is 51.9 Å². The SMILES string of the molecule is COC(=O)c1c(NC(=S)NC(=O)CCc2ccccc2)sc2c1CCCC2. The van der Waals surface area contributed by atoms with Gasteiger partial charge in [-0.3, -0.25) is 4.79 Å². The van der Waals surface area contributed by atoms with Crippen LogP contribution in [0.1, 0.15) is 45.6 Å². The Balaban J connectivity index is 1.62. The summed E-state index contributed by atoms with van der Waals surface area (Å²) in [6.07, 6.45) is 5.00. The Hall–Kier alpha value is -2.25. The fraction of sp³-hybridized carbons (Fsp3) is 0.350. The van der Waals surface area contributed by atoms with E-state index in [0.717, 1.165) is 36.8 Å². The van der Waals surface area contributed by atoms with Gasteiger partial charge in [-0.05, 0) is 55.4 Å². The number of nitrogens with one attached hydrogen (secondary N) is 2. The number of anilines is 1. The molecule has 0 radical (unpaired) electrons. The number of hydrogen-bond donors (Lipinski definition) is 2. The first-order valence-electron chi connectivity index (χ1n) is 8.96. The van der Waals surface area contributed by atoms with E-state index in [2.05, 4.69) is 10.6 Å². The number of carbonyl (C=O) groups is 2. The maximum absolute atomic E-state index is 12.2. The Labute approximate surface area is 168 Å². The van der Waals surface area contributed by atoms with Gasteiger partial charge in [0.2, 0.25) is 5.91 Å². The molecule has 0 bridgehead atoms. The minimum absolute atomic E-state index is 0.155. The van der Waals surface area contributed by atoms with Gasteiger partial charge in [-0.2, -0.15) is 0 Å². The molecule has 27 heavy (non-hydrogen) atoms. The molecule has 0 spiro atoms. The summed E-state index contributed by atoms with van der Waals surface area (Å²) in [4.78, 5) is 25.6. The Kier molecular flexibility index (Phi) is 6.58. The number of methoxy groups -OCH3 is 1. The average Bonchev–Trinajstić information content (AvgIpc) is 3.04. The first kappa shape index (κ1) is 19.5. The van der Waals surface area contributed by atoms with E-state index in [4.69, 9.17) is 17.0 Å². The molecule has 1 aromatic carbocycles. The number of rotatable bonds is 5. The van der Waals surface area contributed by atoms with E-state index in [1.54, 1.807) is 0 Å². The molecule has 0 saturated heterocycles. The lowest BCUT2D eigenvalue weighted by atomic mass is 9.95. The largest absolute Gasteiger partial charge is 0.465 e. The van der Waals surface area contributed by atoms with Crippen LogP contribution in [0.5, 0.6) is 0 Å². The fourth-order valence-electron chi connectivity index (χ4n) is 3.20. The highest BCUT2D eigenvalue weighted by Gasteiger charge is 2.26. The second-order valence-electron chi connectivity index (χ2n) is 6.39. The van der Waals surface area contributed by atoms with Gasteiger partial charge in [0.1, 0.15) is 5.00 Å². The molecule has 2 N–H and O–H groups in total. The van der Waals surface area contributed by atoms with Gasteiger partial charge in [0.05, 0.1) is 12.7 Å². The third-order valence-corrected chi connectivity index (χ3v) is 5.94. The van der Waals surface area contributed by atoms with Crippen molar-refractivity contribution in [1.29, 1.82) is 0 Å². The van der Waals surface area contributed by atoms with E-state index in [0.29, 0.717) is 23.4 Å². The van der Waals surface area contributed by atoms with Crippen LogP contribution in [0.15, 0.2) is 30.3 Å². The minimum atomic E-state index is -0.366. The van der Waals surface area contributed by atoms with Crippen molar-refractivity contribution in [2.75, 3.05) is 12.4 Å². The molecule has 1 aliphatic rings. The average molecular weight is 403 g/mol. The highest BCUT2D eigenvalue weighted by molar-refractivity contribution is 7.80. The molecular formula is C20H22N2O3S2. The lowest BCUT2D eigenvalue weighted by molar-refractivity contribution is -0.119. The van der Waals surface area contributed by atoms with Crippen LogP contribution >= 0.6 is 23.6 Å². The van der Waals surface area contributed by atoms with E-state index >= 15 is 0 Å². The number of ether oxygens (including phenoxy) is 1.